The van der Waals surface area contributed by atoms with Crippen molar-refractivity contribution >= 4 is 69.1 Å². The van der Waals surface area contributed by atoms with Gasteiger partial charge in [0.15, 0.2) is 22.8 Å². The van der Waals surface area contributed by atoms with Crippen molar-refractivity contribution in [2.75, 3.05) is 37.8 Å². The first kappa shape index (κ1) is 55.6. The van der Waals surface area contributed by atoms with E-state index in [-0.39, 0.29) is 41.6 Å². The zero-order valence-corrected chi connectivity index (χ0v) is 39.4. The first-order valence-electron chi connectivity index (χ1n) is 20.7. The number of carbonyl (C=O) groups is 3. The van der Waals surface area contributed by atoms with Gasteiger partial charge < -0.3 is 69.0 Å². The minimum atomic E-state index is -5.92. The maximum absolute atomic E-state index is 12.6. The number of aliphatic hydroxyl groups is 2. The monoisotopic (exact) mass is 985 g/mol. The lowest BCUT2D eigenvalue weighted by Gasteiger charge is -2.36. The van der Waals surface area contributed by atoms with Crippen LogP contribution in [0.3, 0.4) is 0 Å². The summed E-state index contributed by atoms with van der Waals surface area (Å²) in [5, 5.41) is 26.4. The number of phosphoric acid groups is 3. The predicted molar refractivity (Wildman–Crippen MR) is 224 cm³/mol. The Bertz CT molecular complexity index is 1990. The highest BCUT2D eigenvalue weighted by molar-refractivity contribution is 8.13. The smallest absolute Gasteiger partial charge is 0.274 e. The fourth-order valence-corrected chi connectivity index (χ4v) is 9.61. The number of ether oxygens (including phenoxy) is 1. The molecule has 2 aromatic heterocycles. The normalized spacial score (nSPS) is 20.6. The number of fused-ring (bicyclic) bond motifs is 1. The molecule has 2 amide bonds. The van der Waals surface area contributed by atoms with Crippen molar-refractivity contribution in [1.29, 1.82) is 0 Å². The summed E-state index contributed by atoms with van der Waals surface area (Å²) in [6.45, 7) is 2.35. The van der Waals surface area contributed by atoms with Crippen LogP contribution in [0, 0.1) is 5.41 Å². The second-order valence-electron chi connectivity index (χ2n) is 15.5. The molecule has 364 valence electrons. The number of allylic oxidation sites excluding steroid dienone is 2. The molecule has 0 bridgehead atoms. The number of hydrogen-bond acceptors (Lipinski definition) is 22. The third kappa shape index (κ3) is 19.6. The number of hydrogen-bond donors (Lipinski definition) is 5. The second kappa shape index (κ2) is 26.6. The van der Waals surface area contributed by atoms with Gasteiger partial charge in [-0.2, -0.15) is 0 Å². The second-order valence-corrected chi connectivity index (χ2v) is 20.7. The van der Waals surface area contributed by atoms with Crippen LogP contribution in [0.2, 0.25) is 0 Å². The summed E-state index contributed by atoms with van der Waals surface area (Å²) < 4.78 is 60.7. The van der Waals surface area contributed by atoms with Crippen molar-refractivity contribution in [3.05, 3.63) is 24.8 Å². The number of nitrogens with zero attached hydrogens (tertiary/aromatic N) is 4. The van der Waals surface area contributed by atoms with E-state index in [1.807, 2.05) is 0 Å². The molecule has 0 aromatic carbocycles. The van der Waals surface area contributed by atoms with Crippen LogP contribution in [0.25, 0.3) is 11.2 Å². The first-order valence-corrected chi connectivity index (χ1v) is 26.0. The van der Waals surface area contributed by atoms with Crippen LogP contribution in [0.15, 0.2) is 24.8 Å². The number of rotatable bonds is 31. The summed E-state index contributed by atoms with van der Waals surface area (Å²) >= 11 is 1.13. The van der Waals surface area contributed by atoms with Crippen molar-refractivity contribution in [3.8, 4) is 0 Å². The number of nitrogens with one attached hydrogen (secondary N) is 2. The molecule has 3 heterocycles. The molecule has 24 nitrogen and oxygen atoms in total. The SMILES string of the molecule is CCCCC/C=C\CCCCCCCC(=O)SCCNC(=O)CCNC(=O)[C@H](O)C(C)(C)COP(=O)([O-])OP(=O)([O-])OC[C@H]1O[C@@H](n2cnc3c(N)ncnc32)[C@H](O)[C@@H]1OP(=O)([O-])[O-]. The maximum atomic E-state index is 12.6. The molecule has 0 saturated carbocycles. The third-order valence-electron chi connectivity index (χ3n) is 9.63. The Balaban J connectivity index is 1.34. The van der Waals surface area contributed by atoms with Crippen LogP contribution in [0.1, 0.15) is 104 Å². The van der Waals surface area contributed by atoms with Gasteiger partial charge in [-0.25, -0.2) is 19.3 Å². The van der Waals surface area contributed by atoms with Gasteiger partial charge in [-0.15, -0.1) is 0 Å². The molecule has 1 saturated heterocycles. The van der Waals surface area contributed by atoms with E-state index in [9.17, 15) is 57.9 Å². The van der Waals surface area contributed by atoms with Crippen molar-refractivity contribution in [2.45, 2.75) is 128 Å². The number of amides is 2. The van der Waals surface area contributed by atoms with Crippen LogP contribution in [-0.4, -0.2) is 103 Å². The molecule has 3 rings (SSSR count). The molecule has 7 atom stereocenters. The molecule has 64 heavy (non-hydrogen) atoms. The van der Waals surface area contributed by atoms with Crippen molar-refractivity contribution in [3.63, 3.8) is 0 Å². The van der Waals surface area contributed by atoms with E-state index in [0.29, 0.717) is 12.2 Å². The van der Waals surface area contributed by atoms with Crippen LogP contribution in [0.4, 0.5) is 5.82 Å². The van der Waals surface area contributed by atoms with Crippen LogP contribution in [0.5, 0.6) is 0 Å². The van der Waals surface area contributed by atoms with Crippen molar-refractivity contribution in [2.24, 2.45) is 5.41 Å². The Hall–Kier alpha value is -2.70. The van der Waals surface area contributed by atoms with Crippen LogP contribution < -0.4 is 35.9 Å². The van der Waals surface area contributed by atoms with Gasteiger partial charge in [-0.05, 0) is 32.1 Å². The van der Waals surface area contributed by atoms with Gasteiger partial charge in [0.25, 0.3) is 15.6 Å². The molecule has 1 aliphatic rings. The van der Waals surface area contributed by atoms with Gasteiger partial charge in [0.2, 0.25) is 11.8 Å². The summed E-state index contributed by atoms with van der Waals surface area (Å²) in [6.07, 6.45) is 8.52. The Morgan fingerprint density at radius 3 is 2.30 bits per heavy atom. The van der Waals surface area contributed by atoms with E-state index in [2.05, 4.69) is 62.5 Å². The van der Waals surface area contributed by atoms with E-state index >= 15 is 0 Å². The van der Waals surface area contributed by atoms with Gasteiger partial charge in [0.05, 0.1) is 27.4 Å². The number of nitrogens with two attached hydrogens (primary N) is 1. The van der Waals surface area contributed by atoms with E-state index in [1.165, 1.54) is 33.1 Å². The number of aromatic nitrogens is 4. The Labute approximate surface area is 375 Å². The predicted octanol–water partition coefficient (Wildman–Crippen LogP) is 1.00. The first-order chi connectivity index (χ1) is 30.1. The minimum Gasteiger partial charge on any atom is -0.790 e. The Morgan fingerprint density at radius 2 is 1.61 bits per heavy atom. The van der Waals surface area contributed by atoms with Gasteiger partial charge in [-0.1, -0.05) is 76.8 Å². The Morgan fingerprint density at radius 1 is 0.953 bits per heavy atom. The number of carbonyl (C=O) groups excluding carboxylic acids is 3. The van der Waals surface area contributed by atoms with Gasteiger partial charge in [0, 0.05) is 37.1 Å². The number of phosphoric ester groups is 3. The van der Waals surface area contributed by atoms with Gasteiger partial charge in [-0.3, -0.25) is 28.1 Å². The average Bonchev–Trinajstić information content (AvgIpc) is 3.78. The molecule has 28 heteroatoms. The molecular weight excluding hydrogens is 927 g/mol. The Kier molecular flexibility index (Phi) is 23.1. The standard InChI is InChI=1S/C36H62N7O17P3S/c1-4-5-6-7-8-9-10-11-12-13-14-15-16-27(45)64-20-19-38-26(44)17-18-39-34(48)31(47)36(2,3)22-57-63(54,55)60-62(52,53)56-21-25-30(59-61(49,50)51)29(46)35(58-25)43-24-42-28-32(37)40-23-41-33(28)43/h8-9,23-25,29-31,35,46-47H,4-7,10-22H2,1-3H3,(H,38,44)(H,39,48)(H,52,53)(H,54,55)(H2,37,40,41)(H2,49,50,51)/p-4/b9-8-/t25-,29-,30-,31+,35-/m1/s1. The van der Waals surface area contributed by atoms with Gasteiger partial charge in [0.1, 0.15) is 36.3 Å². The topological polar surface area (TPSA) is 375 Å². The fraction of sp³-hybridized carbons (Fsp3) is 0.722. The summed E-state index contributed by atoms with van der Waals surface area (Å²) in [5.41, 5.74) is 4.09. The third-order valence-corrected chi connectivity index (χ3v) is 13.6. The number of imidazole rings is 1. The lowest BCUT2D eigenvalue weighted by molar-refractivity contribution is -0.347. The highest BCUT2D eigenvalue weighted by atomic mass is 32.2. The number of nitrogen functional groups attached to an aromatic ring is 1. The molecule has 2 unspecified atom stereocenters. The minimum absolute atomic E-state index is 0.0192. The molecule has 1 fully saturated rings. The number of thioether (sulfide) groups is 1. The molecule has 1 aliphatic heterocycles. The molecule has 2 aromatic rings. The van der Waals surface area contributed by atoms with Crippen molar-refractivity contribution < 1.29 is 80.5 Å². The molecule has 0 spiro atoms. The van der Waals surface area contributed by atoms with E-state index in [1.54, 1.807) is 0 Å². The lowest BCUT2D eigenvalue weighted by atomic mass is 9.87. The summed E-state index contributed by atoms with van der Waals surface area (Å²) in [7, 11) is -17.6. The number of unbranched alkanes of at least 4 members (excludes halogenated alkanes) is 8. The van der Waals surface area contributed by atoms with Crippen molar-refractivity contribution in [1.82, 2.24) is 30.2 Å². The molecule has 6 N–H and O–H groups in total. The van der Waals surface area contributed by atoms with Gasteiger partial charge >= 0.3 is 0 Å². The summed E-state index contributed by atoms with van der Waals surface area (Å²) in [6, 6.07) is 0. The number of aliphatic hydroxyl groups excluding tert-OH is 2. The quantitative estimate of drug-likeness (QED) is 0.0400. The van der Waals surface area contributed by atoms with E-state index in [4.69, 9.17) is 10.5 Å². The van der Waals surface area contributed by atoms with Crippen LogP contribution in [-0.2, 0) is 50.7 Å². The maximum Gasteiger partial charge on any atom is 0.274 e. The van der Waals surface area contributed by atoms with Crippen LogP contribution >= 0.6 is 35.2 Å². The largest absolute Gasteiger partial charge is 0.790 e. The zero-order chi connectivity index (χ0) is 47.6. The molecular formula is C36H58N7O17P3S-4. The lowest BCUT2D eigenvalue weighted by Crippen LogP contribution is -2.46. The summed E-state index contributed by atoms with van der Waals surface area (Å²) in [5.74, 6) is -1.14. The number of anilines is 1. The molecule has 0 radical (unpaired) electrons. The highest BCUT2D eigenvalue weighted by Gasteiger charge is 2.47. The highest BCUT2D eigenvalue weighted by Crippen LogP contribution is 2.56. The molecule has 0 aliphatic carbocycles. The summed E-state index contributed by atoms with van der Waals surface area (Å²) in [4.78, 5) is 96.7. The zero-order valence-electron chi connectivity index (χ0n) is 35.9. The average molecular weight is 986 g/mol. The fourth-order valence-electron chi connectivity index (χ4n) is 6.15. The van der Waals surface area contributed by atoms with E-state index in [0.717, 1.165) is 73.9 Å². The van der Waals surface area contributed by atoms with E-state index < -0.39 is 84.6 Å².